The van der Waals surface area contributed by atoms with Crippen molar-refractivity contribution in [1.82, 2.24) is 5.43 Å². The monoisotopic (exact) mass is 287 g/mol. The van der Waals surface area contributed by atoms with Crippen LogP contribution in [0, 0.1) is 13.8 Å². The van der Waals surface area contributed by atoms with E-state index in [2.05, 4.69) is 35.8 Å². The zero-order valence-corrected chi connectivity index (χ0v) is 12.5. The molecule has 2 aromatic rings. The Hall–Kier alpha value is -2.14. The second-order valence-corrected chi connectivity index (χ2v) is 4.90. The van der Waals surface area contributed by atoms with E-state index < -0.39 is 0 Å². The third-order valence-corrected chi connectivity index (χ3v) is 3.25. The van der Waals surface area contributed by atoms with Gasteiger partial charge in [-0.15, -0.1) is 0 Å². The van der Waals surface area contributed by atoms with Crippen LogP contribution in [0.4, 0.5) is 5.69 Å². The van der Waals surface area contributed by atoms with Crippen LogP contribution in [0.1, 0.15) is 23.8 Å². The number of benzene rings is 1. The lowest BCUT2D eigenvalue weighted by Gasteiger charge is -2.11. The summed E-state index contributed by atoms with van der Waals surface area (Å²) in [6.45, 7) is 5.97. The van der Waals surface area contributed by atoms with Crippen molar-refractivity contribution in [2.75, 3.05) is 5.32 Å². The van der Waals surface area contributed by atoms with Gasteiger partial charge in [0, 0.05) is 5.69 Å². The van der Waals surface area contributed by atoms with E-state index in [-0.39, 0.29) is 0 Å². The fourth-order valence-electron chi connectivity index (χ4n) is 1.71. The Morgan fingerprint density at radius 3 is 2.70 bits per heavy atom. The molecule has 0 bridgehead atoms. The molecule has 4 nitrogen and oxygen atoms in total. The Morgan fingerprint density at radius 2 is 2.00 bits per heavy atom. The number of hydrazone groups is 1. The van der Waals surface area contributed by atoms with Crippen LogP contribution in [0.15, 0.2) is 46.1 Å². The zero-order chi connectivity index (χ0) is 14.5. The molecule has 0 aliphatic carbocycles. The number of hydrogen-bond donors (Lipinski definition) is 2. The van der Waals surface area contributed by atoms with E-state index in [1.807, 2.05) is 31.2 Å². The molecule has 0 aliphatic heterocycles. The zero-order valence-electron chi connectivity index (χ0n) is 11.7. The Morgan fingerprint density at radius 1 is 1.20 bits per heavy atom. The number of hydrogen-bond acceptors (Lipinski definition) is 3. The van der Waals surface area contributed by atoms with Crippen LogP contribution in [-0.2, 0) is 0 Å². The fraction of sp³-hybridized carbons (Fsp3) is 0.200. The summed E-state index contributed by atoms with van der Waals surface area (Å²) in [6.07, 6.45) is 1.61. The number of nitrogens with one attached hydrogen (secondary N) is 2. The Labute approximate surface area is 123 Å². The molecule has 2 N–H and O–H groups in total. The largest absolute Gasteiger partial charge is 0.463 e. The van der Waals surface area contributed by atoms with E-state index in [0.29, 0.717) is 10.9 Å². The van der Waals surface area contributed by atoms with Gasteiger partial charge in [0.05, 0.1) is 6.26 Å². The highest BCUT2D eigenvalue weighted by molar-refractivity contribution is 7.80. The summed E-state index contributed by atoms with van der Waals surface area (Å²) in [5, 5.41) is 7.77. The Kier molecular flexibility index (Phi) is 4.53. The SMILES string of the molecule is C/C(=N\NC(=S)Nc1cccc(C)c1C)c1ccco1. The second kappa shape index (κ2) is 6.34. The van der Waals surface area contributed by atoms with Crippen molar-refractivity contribution < 1.29 is 4.42 Å². The summed E-state index contributed by atoms with van der Waals surface area (Å²) in [5.41, 5.74) is 6.92. The topological polar surface area (TPSA) is 49.6 Å². The van der Waals surface area contributed by atoms with Gasteiger partial charge in [0.2, 0.25) is 0 Å². The molecule has 1 heterocycles. The predicted molar refractivity (Wildman–Crippen MR) is 86.2 cm³/mol. The molecule has 0 radical (unpaired) electrons. The molecule has 0 unspecified atom stereocenters. The summed E-state index contributed by atoms with van der Waals surface area (Å²) in [7, 11) is 0. The van der Waals surface area contributed by atoms with Gasteiger partial charge in [0.15, 0.2) is 5.11 Å². The lowest BCUT2D eigenvalue weighted by molar-refractivity contribution is 0.556. The van der Waals surface area contributed by atoms with E-state index in [1.165, 1.54) is 11.1 Å². The van der Waals surface area contributed by atoms with Crippen molar-refractivity contribution in [2.24, 2.45) is 5.10 Å². The van der Waals surface area contributed by atoms with E-state index in [1.54, 1.807) is 6.26 Å². The molecule has 0 amide bonds. The minimum atomic E-state index is 0.449. The van der Waals surface area contributed by atoms with Gasteiger partial charge >= 0.3 is 0 Å². The second-order valence-electron chi connectivity index (χ2n) is 4.49. The summed E-state index contributed by atoms with van der Waals surface area (Å²) in [5.74, 6) is 0.715. The lowest BCUT2D eigenvalue weighted by atomic mass is 10.1. The highest BCUT2D eigenvalue weighted by atomic mass is 32.1. The molecule has 0 atom stereocenters. The highest BCUT2D eigenvalue weighted by Gasteiger charge is 2.03. The molecule has 0 saturated carbocycles. The van der Waals surface area contributed by atoms with Crippen LogP contribution in [0.3, 0.4) is 0 Å². The molecule has 0 saturated heterocycles. The standard InChI is InChI=1S/C15H17N3OS/c1-10-6-4-7-13(11(10)2)16-15(20)18-17-12(3)14-8-5-9-19-14/h4-9H,1-3H3,(H2,16,18,20)/b17-12+. The molecule has 0 spiro atoms. The predicted octanol–water partition coefficient (Wildman–Crippen LogP) is 3.61. The van der Waals surface area contributed by atoms with Crippen molar-refractivity contribution in [1.29, 1.82) is 0 Å². The van der Waals surface area contributed by atoms with Gasteiger partial charge in [-0.25, -0.2) is 0 Å². The van der Waals surface area contributed by atoms with Crippen molar-refractivity contribution in [3.63, 3.8) is 0 Å². The smallest absolute Gasteiger partial charge is 0.191 e. The molecule has 0 fully saturated rings. The van der Waals surface area contributed by atoms with Gasteiger partial charge < -0.3 is 9.73 Å². The van der Waals surface area contributed by atoms with Crippen LogP contribution < -0.4 is 10.7 Å². The number of thiocarbonyl (C=S) groups is 1. The average Bonchev–Trinajstić information content (AvgIpc) is 2.95. The van der Waals surface area contributed by atoms with Crippen LogP contribution in [0.25, 0.3) is 0 Å². The van der Waals surface area contributed by atoms with Gasteiger partial charge in [0.1, 0.15) is 11.5 Å². The first-order valence-corrected chi connectivity index (χ1v) is 6.70. The number of rotatable bonds is 3. The third-order valence-electron chi connectivity index (χ3n) is 3.06. The van der Waals surface area contributed by atoms with Crippen molar-refractivity contribution in [2.45, 2.75) is 20.8 Å². The fourth-order valence-corrected chi connectivity index (χ4v) is 1.87. The van der Waals surface area contributed by atoms with E-state index >= 15 is 0 Å². The average molecular weight is 287 g/mol. The number of nitrogens with zero attached hydrogens (tertiary/aromatic N) is 1. The first kappa shape index (κ1) is 14.3. The molecule has 1 aromatic carbocycles. The number of furan rings is 1. The highest BCUT2D eigenvalue weighted by Crippen LogP contribution is 2.17. The maximum Gasteiger partial charge on any atom is 0.191 e. The first-order chi connectivity index (χ1) is 9.58. The molecule has 0 aliphatic rings. The van der Waals surface area contributed by atoms with Gasteiger partial charge in [0.25, 0.3) is 0 Å². The molecule has 2 rings (SSSR count). The Bertz CT molecular complexity index is 633. The van der Waals surface area contributed by atoms with E-state index in [4.69, 9.17) is 16.6 Å². The molecule has 104 valence electrons. The number of anilines is 1. The summed E-state index contributed by atoms with van der Waals surface area (Å²) >= 11 is 5.23. The van der Waals surface area contributed by atoms with Gasteiger partial charge in [-0.3, -0.25) is 5.43 Å². The Balaban J connectivity index is 1.99. The van der Waals surface area contributed by atoms with Crippen LogP contribution in [0.5, 0.6) is 0 Å². The minimum absolute atomic E-state index is 0.449. The van der Waals surface area contributed by atoms with Crippen molar-refractivity contribution in [3.05, 3.63) is 53.5 Å². The van der Waals surface area contributed by atoms with E-state index in [0.717, 1.165) is 11.4 Å². The summed E-state index contributed by atoms with van der Waals surface area (Å²) < 4.78 is 5.25. The maximum absolute atomic E-state index is 5.25. The molecule has 20 heavy (non-hydrogen) atoms. The summed E-state index contributed by atoms with van der Waals surface area (Å²) in [6, 6.07) is 9.71. The lowest BCUT2D eigenvalue weighted by Crippen LogP contribution is -2.25. The molecule has 5 heteroatoms. The quantitative estimate of drug-likeness (QED) is 0.514. The van der Waals surface area contributed by atoms with Gasteiger partial charge in [-0.1, -0.05) is 12.1 Å². The van der Waals surface area contributed by atoms with Crippen LogP contribution in [-0.4, -0.2) is 10.8 Å². The molecule has 1 aromatic heterocycles. The summed E-state index contributed by atoms with van der Waals surface area (Å²) in [4.78, 5) is 0. The van der Waals surface area contributed by atoms with Crippen LogP contribution >= 0.6 is 12.2 Å². The molecular weight excluding hydrogens is 270 g/mol. The van der Waals surface area contributed by atoms with Gasteiger partial charge in [-0.05, 0) is 62.3 Å². The van der Waals surface area contributed by atoms with Crippen molar-refractivity contribution in [3.8, 4) is 0 Å². The number of aryl methyl sites for hydroxylation is 1. The van der Waals surface area contributed by atoms with Crippen LogP contribution in [0.2, 0.25) is 0 Å². The van der Waals surface area contributed by atoms with Crippen molar-refractivity contribution >= 4 is 28.7 Å². The third kappa shape index (κ3) is 3.45. The van der Waals surface area contributed by atoms with Gasteiger partial charge in [-0.2, -0.15) is 5.10 Å². The molecular formula is C15H17N3OS. The van der Waals surface area contributed by atoms with E-state index in [9.17, 15) is 0 Å². The first-order valence-electron chi connectivity index (χ1n) is 6.29. The normalized spacial score (nSPS) is 11.2. The minimum Gasteiger partial charge on any atom is -0.463 e. The maximum atomic E-state index is 5.25.